The zero-order chi connectivity index (χ0) is 20.4. The van der Waals surface area contributed by atoms with Gasteiger partial charge in [0.2, 0.25) is 0 Å². The van der Waals surface area contributed by atoms with Crippen LogP contribution >= 0.6 is 0 Å². The summed E-state index contributed by atoms with van der Waals surface area (Å²) in [5.74, 6) is -4.55. The van der Waals surface area contributed by atoms with Gasteiger partial charge in [-0.25, -0.2) is 14.4 Å². The summed E-state index contributed by atoms with van der Waals surface area (Å²) in [5, 5.41) is 34.2. The van der Waals surface area contributed by atoms with Crippen LogP contribution in [0.5, 0.6) is 0 Å². The summed E-state index contributed by atoms with van der Waals surface area (Å²) in [6, 6.07) is 16.1. The maximum Gasteiger partial charge on any atom is 0.337 e. The van der Waals surface area contributed by atoms with Gasteiger partial charge in [-0.15, -0.1) is 0 Å². The van der Waals surface area contributed by atoms with Crippen LogP contribution in [0, 0.1) is 0 Å². The lowest BCUT2D eigenvalue weighted by Gasteiger charge is -2.19. The minimum Gasteiger partial charge on any atom is -0.478 e. The number of fused-ring (bicyclic) bond motifs is 2. The fourth-order valence-electron chi connectivity index (χ4n) is 4.46. The maximum atomic E-state index is 12.2. The highest BCUT2D eigenvalue weighted by atomic mass is 16.4. The number of hydrogen-bond donors (Lipinski definition) is 3. The second-order valence-electron chi connectivity index (χ2n) is 6.85. The first-order valence-corrected chi connectivity index (χ1v) is 8.77. The van der Waals surface area contributed by atoms with E-state index in [0.29, 0.717) is 16.2 Å². The summed E-state index contributed by atoms with van der Waals surface area (Å²) < 4.78 is 0. The Bertz CT molecular complexity index is 1520. The van der Waals surface area contributed by atoms with Gasteiger partial charge in [-0.1, -0.05) is 54.6 Å². The summed E-state index contributed by atoms with van der Waals surface area (Å²) in [7, 11) is 0. The highest BCUT2D eigenvalue weighted by Gasteiger charge is 2.31. The Hall–Kier alpha value is -4.19. The fourth-order valence-corrected chi connectivity index (χ4v) is 4.46. The quantitative estimate of drug-likeness (QED) is 0.303. The predicted octanol–water partition coefficient (Wildman–Crippen LogP) is 4.83. The third kappa shape index (κ3) is 2.08. The standard InChI is InChI=1S/C23H12O6/c24-21(25)18-14-9-3-7-12-11-6-1-4-10-5-2-8-13(15(10)11)17(16(12)14)19(22(26)27)20(18)23(28)29/h1-9H,(H,24,25)(H,26,27)(H,28,29). The SMILES string of the molecule is O=C(O)c1c(C(=O)O)c2cccc3c4cccc5cccc(c(c1C(=O)O)c23)c54. The van der Waals surface area contributed by atoms with Crippen molar-refractivity contribution in [3.05, 3.63) is 71.3 Å². The van der Waals surface area contributed by atoms with Crippen molar-refractivity contribution in [2.24, 2.45) is 0 Å². The zero-order valence-electron chi connectivity index (χ0n) is 14.8. The molecule has 0 radical (unpaired) electrons. The molecule has 0 aliphatic heterocycles. The van der Waals surface area contributed by atoms with Crippen LogP contribution in [0.2, 0.25) is 0 Å². The van der Waals surface area contributed by atoms with Gasteiger partial charge in [0, 0.05) is 5.39 Å². The van der Waals surface area contributed by atoms with Gasteiger partial charge in [0.1, 0.15) is 0 Å². The Morgan fingerprint density at radius 1 is 0.483 bits per heavy atom. The molecule has 5 aromatic rings. The normalized spacial score (nSPS) is 11.6. The molecule has 6 nitrogen and oxygen atoms in total. The van der Waals surface area contributed by atoms with E-state index in [0.717, 1.165) is 16.2 Å². The second kappa shape index (κ2) is 5.65. The molecule has 0 saturated heterocycles. The van der Waals surface area contributed by atoms with Gasteiger partial charge in [-0.2, -0.15) is 0 Å². The molecular formula is C23H12O6. The Morgan fingerprint density at radius 2 is 0.966 bits per heavy atom. The van der Waals surface area contributed by atoms with Crippen molar-refractivity contribution in [3.8, 4) is 0 Å². The molecule has 29 heavy (non-hydrogen) atoms. The zero-order valence-corrected chi connectivity index (χ0v) is 14.8. The molecule has 0 unspecified atom stereocenters. The molecule has 6 heteroatoms. The van der Waals surface area contributed by atoms with Crippen molar-refractivity contribution in [2.45, 2.75) is 0 Å². The molecule has 0 bridgehead atoms. The second-order valence-corrected chi connectivity index (χ2v) is 6.85. The first-order valence-electron chi connectivity index (χ1n) is 8.77. The molecule has 5 aromatic carbocycles. The van der Waals surface area contributed by atoms with Gasteiger partial charge >= 0.3 is 17.9 Å². The van der Waals surface area contributed by atoms with Crippen LogP contribution in [0.25, 0.3) is 43.1 Å². The summed E-state index contributed by atoms with van der Waals surface area (Å²) >= 11 is 0. The van der Waals surface area contributed by atoms with Crippen molar-refractivity contribution in [2.75, 3.05) is 0 Å². The molecule has 5 rings (SSSR count). The third-order valence-electron chi connectivity index (χ3n) is 5.44. The van der Waals surface area contributed by atoms with Gasteiger partial charge in [0.25, 0.3) is 0 Å². The van der Waals surface area contributed by atoms with Crippen LogP contribution in [-0.2, 0) is 0 Å². The molecular weight excluding hydrogens is 372 g/mol. The number of hydrogen-bond acceptors (Lipinski definition) is 3. The molecule has 0 amide bonds. The molecule has 0 fully saturated rings. The van der Waals surface area contributed by atoms with Crippen LogP contribution in [0.1, 0.15) is 31.1 Å². The number of carboxylic acid groups (broad SMARTS) is 3. The molecule has 140 valence electrons. The first-order chi connectivity index (χ1) is 13.9. The van der Waals surface area contributed by atoms with E-state index in [2.05, 4.69) is 0 Å². The molecule has 0 heterocycles. The van der Waals surface area contributed by atoms with Gasteiger partial charge in [-0.3, -0.25) is 0 Å². The molecule has 0 atom stereocenters. The molecule has 0 saturated carbocycles. The van der Waals surface area contributed by atoms with Gasteiger partial charge in [0.15, 0.2) is 0 Å². The van der Waals surface area contributed by atoms with Crippen LogP contribution < -0.4 is 0 Å². The molecule has 0 spiro atoms. The third-order valence-corrected chi connectivity index (χ3v) is 5.44. The van der Waals surface area contributed by atoms with Crippen LogP contribution in [0.3, 0.4) is 0 Å². The van der Waals surface area contributed by atoms with E-state index in [1.807, 2.05) is 24.3 Å². The van der Waals surface area contributed by atoms with Crippen molar-refractivity contribution >= 4 is 61.0 Å². The van der Waals surface area contributed by atoms with Gasteiger partial charge in [-0.05, 0) is 37.7 Å². The smallest absolute Gasteiger partial charge is 0.337 e. The van der Waals surface area contributed by atoms with E-state index in [9.17, 15) is 29.7 Å². The minimum absolute atomic E-state index is 0.207. The fraction of sp³-hybridized carbons (Fsp3) is 0. The van der Waals surface area contributed by atoms with Crippen molar-refractivity contribution in [1.29, 1.82) is 0 Å². The lowest BCUT2D eigenvalue weighted by atomic mass is 9.83. The van der Waals surface area contributed by atoms with E-state index < -0.39 is 34.6 Å². The van der Waals surface area contributed by atoms with E-state index in [1.54, 1.807) is 24.3 Å². The highest BCUT2D eigenvalue weighted by Crippen LogP contribution is 2.44. The largest absolute Gasteiger partial charge is 0.478 e. The van der Waals surface area contributed by atoms with Crippen molar-refractivity contribution in [3.63, 3.8) is 0 Å². The van der Waals surface area contributed by atoms with Gasteiger partial charge < -0.3 is 15.3 Å². The van der Waals surface area contributed by atoms with Crippen LogP contribution in [0.15, 0.2) is 54.6 Å². The summed E-state index contributed by atoms with van der Waals surface area (Å²) in [6.07, 6.45) is 0. The van der Waals surface area contributed by atoms with E-state index in [-0.39, 0.29) is 10.8 Å². The van der Waals surface area contributed by atoms with E-state index in [1.165, 1.54) is 6.07 Å². The molecule has 0 aromatic heterocycles. The Morgan fingerprint density at radius 3 is 1.55 bits per heavy atom. The first kappa shape index (κ1) is 16.9. The lowest BCUT2D eigenvalue weighted by Crippen LogP contribution is -2.16. The number of aromatic carboxylic acids is 3. The Kier molecular flexibility index (Phi) is 3.30. The Balaban J connectivity index is 2.29. The number of carbonyl (C=O) groups is 3. The highest BCUT2D eigenvalue weighted by molar-refractivity contribution is 6.38. The van der Waals surface area contributed by atoms with Crippen molar-refractivity contribution in [1.82, 2.24) is 0 Å². The van der Waals surface area contributed by atoms with Crippen LogP contribution in [-0.4, -0.2) is 33.2 Å². The summed E-state index contributed by atoms with van der Waals surface area (Å²) in [5.41, 5.74) is -1.72. The van der Waals surface area contributed by atoms with Crippen LogP contribution in [0.4, 0.5) is 0 Å². The average molecular weight is 384 g/mol. The number of carboxylic acids is 3. The predicted molar refractivity (Wildman–Crippen MR) is 109 cm³/mol. The molecule has 0 aliphatic carbocycles. The van der Waals surface area contributed by atoms with Crippen molar-refractivity contribution < 1.29 is 29.7 Å². The molecule has 3 N–H and O–H groups in total. The molecule has 0 aliphatic rings. The van der Waals surface area contributed by atoms with Gasteiger partial charge in [0.05, 0.1) is 16.7 Å². The number of benzene rings is 5. The Labute approximate surface area is 162 Å². The summed E-state index contributed by atoms with van der Waals surface area (Å²) in [6.45, 7) is 0. The number of rotatable bonds is 3. The minimum atomic E-state index is -1.59. The lowest BCUT2D eigenvalue weighted by molar-refractivity contribution is 0.0635. The monoisotopic (exact) mass is 384 g/mol. The maximum absolute atomic E-state index is 12.2. The summed E-state index contributed by atoms with van der Waals surface area (Å²) in [4.78, 5) is 36.3. The average Bonchev–Trinajstić information content (AvgIpc) is 2.69. The van der Waals surface area contributed by atoms with E-state index in [4.69, 9.17) is 0 Å². The van der Waals surface area contributed by atoms with E-state index >= 15 is 0 Å². The topological polar surface area (TPSA) is 112 Å².